The van der Waals surface area contributed by atoms with E-state index >= 15 is 0 Å². The largest absolute Gasteiger partial charge is 0.477 e. The lowest BCUT2D eigenvalue weighted by molar-refractivity contribution is 0.0690. The minimum absolute atomic E-state index is 0.0146. The molecule has 114 valence electrons. The van der Waals surface area contributed by atoms with Crippen LogP contribution in [0, 0.1) is 0 Å². The number of carbonyl (C=O) groups is 2. The molecular weight excluding hydrogens is 298 g/mol. The minimum atomic E-state index is -3.18. The van der Waals surface area contributed by atoms with E-state index < -0.39 is 21.9 Å². The highest BCUT2D eigenvalue weighted by atomic mass is 32.2. The van der Waals surface area contributed by atoms with Gasteiger partial charge in [-0.05, 0) is 18.6 Å². The van der Waals surface area contributed by atoms with E-state index in [1.165, 1.54) is 22.5 Å². The van der Waals surface area contributed by atoms with Gasteiger partial charge in [0.1, 0.15) is 11.4 Å². The summed E-state index contributed by atoms with van der Waals surface area (Å²) in [5, 5.41) is 11.3. The van der Waals surface area contributed by atoms with Gasteiger partial charge in [-0.1, -0.05) is 6.07 Å². The summed E-state index contributed by atoms with van der Waals surface area (Å²) in [6.07, 6.45) is 0.596. The summed E-state index contributed by atoms with van der Waals surface area (Å²) in [5.41, 5.74) is -0.232. The fourth-order valence-corrected chi connectivity index (χ4v) is 3.54. The van der Waals surface area contributed by atoms with E-state index in [9.17, 15) is 18.0 Å². The van der Waals surface area contributed by atoms with E-state index in [0.29, 0.717) is 13.0 Å². The Labute approximate surface area is 121 Å². The Kier molecular flexibility index (Phi) is 4.53. The molecule has 0 aliphatic carbocycles. The first-order valence-electron chi connectivity index (χ1n) is 6.36. The van der Waals surface area contributed by atoms with Gasteiger partial charge in [-0.15, -0.1) is 0 Å². The van der Waals surface area contributed by atoms with E-state index in [-0.39, 0.29) is 30.2 Å². The zero-order chi connectivity index (χ0) is 15.5. The molecule has 0 spiro atoms. The standard InChI is InChI=1S/C12H15N3O5S/c16-11(9-3-1-4-10(14-9)12(17)18)13-5-7-15-6-2-8-21(15,19)20/h1,3-4H,2,5-8H2,(H,13,16)(H,17,18). The van der Waals surface area contributed by atoms with Crippen LogP contribution in [0.4, 0.5) is 0 Å². The summed E-state index contributed by atoms with van der Waals surface area (Å²) < 4.78 is 24.5. The van der Waals surface area contributed by atoms with Gasteiger partial charge in [0, 0.05) is 19.6 Å². The van der Waals surface area contributed by atoms with Crippen LogP contribution >= 0.6 is 0 Å². The maximum absolute atomic E-state index is 11.8. The molecule has 1 aromatic rings. The van der Waals surface area contributed by atoms with Crippen molar-refractivity contribution in [2.75, 3.05) is 25.4 Å². The Morgan fingerprint density at radius 1 is 1.33 bits per heavy atom. The zero-order valence-corrected chi connectivity index (χ0v) is 12.0. The van der Waals surface area contributed by atoms with Crippen molar-refractivity contribution < 1.29 is 23.1 Å². The van der Waals surface area contributed by atoms with Crippen molar-refractivity contribution in [1.29, 1.82) is 0 Å². The highest BCUT2D eigenvalue weighted by Crippen LogP contribution is 2.11. The van der Waals surface area contributed by atoms with E-state index in [1.807, 2.05) is 0 Å². The Morgan fingerprint density at radius 3 is 2.67 bits per heavy atom. The van der Waals surface area contributed by atoms with Crippen molar-refractivity contribution in [1.82, 2.24) is 14.6 Å². The van der Waals surface area contributed by atoms with Gasteiger partial charge in [0.15, 0.2) is 0 Å². The van der Waals surface area contributed by atoms with Gasteiger partial charge in [-0.3, -0.25) is 4.79 Å². The molecular formula is C12H15N3O5S. The number of carboxylic acid groups (broad SMARTS) is 1. The smallest absolute Gasteiger partial charge is 0.354 e. The maximum atomic E-state index is 11.8. The van der Waals surface area contributed by atoms with Gasteiger partial charge in [0.25, 0.3) is 5.91 Å². The van der Waals surface area contributed by atoms with E-state index in [1.54, 1.807) is 0 Å². The van der Waals surface area contributed by atoms with Crippen LogP contribution in [0.5, 0.6) is 0 Å². The summed E-state index contributed by atoms with van der Waals surface area (Å²) in [6, 6.07) is 4.11. The number of nitrogens with zero attached hydrogens (tertiary/aromatic N) is 2. The second kappa shape index (κ2) is 6.19. The third-order valence-electron chi connectivity index (χ3n) is 3.05. The molecule has 8 nitrogen and oxygen atoms in total. The Balaban J connectivity index is 1.90. The second-order valence-electron chi connectivity index (χ2n) is 4.54. The van der Waals surface area contributed by atoms with Crippen molar-refractivity contribution in [3.8, 4) is 0 Å². The molecule has 1 amide bonds. The van der Waals surface area contributed by atoms with Crippen molar-refractivity contribution in [2.24, 2.45) is 0 Å². The van der Waals surface area contributed by atoms with Crippen LogP contribution in [-0.4, -0.2) is 60.1 Å². The number of pyridine rings is 1. The predicted molar refractivity (Wildman–Crippen MR) is 73.5 cm³/mol. The highest BCUT2D eigenvalue weighted by molar-refractivity contribution is 7.89. The number of hydrogen-bond donors (Lipinski definition) is 2. The van der Waals surface area contributed by atoms with Gasteiger partial charge in [0.05, 0.1) is 5.75 Å². The molecule has 1 aliphatic heterocycles. The number of hydrogen-bond acceptors (Lipinski definition) is 5. The first kappa shape index (κ1) is 15.4. The van der Waals surface area contributed by atoms with Gasteiger partial charge in [-0.25, -0.2) is 22.5 Å². The Bertz CT molecular complexity index is 659. The SMILES string of the molecule is O=C(O)c1cccc(C(=O)NCCN2CCCS2(=O)=O)n1. The average Bonchev–Trinajstić information content (AvgIpc) is 2.78. The normalized spacial score (nSPS) is 17.5. The lowest BCUT2D eigenvalue weighted by Gasteiger charge is -2.14. The summed E-state index contributed by atoms with van der Waals surface area (Å²) in [5.74, 6) is -1.61. The number of nitrogens with one attached hydrogen (secondary N) is 1. The molecule has 0 unspecified atom stereocenters. The molecule has 0 bridgehead atoms. The summed E-state index contributed by atoms with van der Waals surface area (Å²) in [7, 11) is -3.18. The third-order valence-corrected chi connectivity index (χ3v) is 5.01. The van der Waals surface area contributed by atoms with Crippen LogP contribution in [0.1, 0.15) is 27.4 Å². The highest BCUT2D eigenvalue weighted by Gasteiger charge is 2.27. The number of aromatic carboxylic acids is 1. The number of carboxylic acids is 1. The molecule has 0 radical (unpaired) electrons. The van der Waals surface area contributed by atoms with Crippen LogP contribution in [0.2, 0.25) is 0 Å². The van der Waals surface area contributed by atoms with Crippen molar-refractivity contribution in [3.63, 3.8) is 0 Å². The Hall–Kier alpha value is -2.00. The van der Waals surface area contributed by atoms with Gasteiger partial charge < -0.3 is 10.4 Å². The van der Waals surface area contributed by atoms with E-state index in [4.69, 9.17) is 5.11 Å². The van der Waals surface area contributed by atoms with Crippen LogP contribution in [0.3, 0.4) is 0 Å². The number of sulfonamides is 1. The van der Waals surface area contributed by atoms with Crippen LogP contribution < -0.4 is 5.32 Å². The molecule has 2 heterocycles. The average molecular weight is 313 g/mol. The first-order chi connectivity index (χ1) is 9.90. The van der Waals surface area contributed by atoms with Gasteiger partial charge in [0.2, 0.25) is 10.0 Å². The molecule has 2 N–H and O–H groups in total. The lowest BCUT2D eigenvalue weighted by Crippen LogP contribution is -2.36. The molecule has 0 saturated carbocycles. The number of carbonyl (C=O) groups excluding carboxylic acids is 1. The van der Waals surface area contributed by atoms with E-state index in [2.05, 4.69) is 10.3 Å². The van der Waals surface area contributed by atoms with Crippen molar-refractivity contribution in [3.05, 3.63) is 29.6 Å². The molecule has 2 rings (SSSR count). The van der Waals surface area contributed by atoms with Crippen LogP contribution in [0.25, 0.3) is 0 Å². The quantitative estimate of drug-likeness (QED) is 0.760. The fourth-order valence-electron chi connectivity index (χ4n) is 2.01. The van der Waals surface area contributed by atoms with Gasteiger partial charge in [-0.2, -0.15) is 0 Å². The Morgan fingerprint density at radius 2 is 2.05 bits per heavy atom. The molecule has 0 aromatic carbocycles. The topological polar surface area (TPSA) is 117 Å². The van der Waals surface area contributed by atoms with Crippen LogP contribution in [-0.2, 0) is 10.0 Å². The summed E-state index contributed by atoms with van der Waals surface area (Å²) >= 11 is 0. The number of amides is 1. The van der Waals surface area contributed by atoms with Crippen LogP contribution in [0.15, 0.2) is 18.2 Å². The fraction of sp³-hybridized carbons (Fsp3) is 0.417. The molecule has 0 atom stereocenters. The maximum Gasteiger partial charge on any atom is 0.354 e. The van der Waals surface area contributed by atoms with E-state index in [0.717, 1.165) is 0 Å². The molecule has 1 aromatic heterocycles. The lowest BCUT2D eigenvalue weighted by atomic mass is 10.3. The molecule has 21 heavy (non-hydrogen) atoms. The summed E-state index contributed by atoms with van der Waals surface area (Å²) in [6.45, 7) is 0.814. The third kappa shape index (κ3) is 3.76. The molecule has 1 saturated heterocycles. The monoisotopic (exact) mass is 313 g/mol. The first-order valence-corrected chi connectivity index (χ1v) is 7.97. The minimum Gasteiger partial charge on any atom is -0.477 e. The van der Waals surface area contributed by atoms with Gasteiger partial charge >= 0.3 is 5.97 Å². The van der Waals surface area contributed by atoms with Crippen molar-refractivity contribution >= 4 is 21.9 Å². The zero-order valence-electron chi connectivity index (χ0n) is 11.2. The number of aromatic nitrogens is 1. The van der Waals surface area contributed by atoms with Crippen molar-refractivity contribution in [2.45, 2.75) is 6.42 Å². The summed E-state index contributed by atoms with van der Waals surface area (Å²) in [4.78, 5) is 26.3. The number of rotatable bonds is 5. The molecule has 1 aliphatic rings. The molecule has 9 heteroatoms. The predicted octanol–water partition coefficient (Wildman–Crippen LogP) is -0.455. The second-order valence-corrected chi connectivity index (χ2v) is 6.63. The molecule has 1 fully saturated rings.